The lowest BCUT2D eigenvalue weighted by Gasteiger charge is -2.12. The highest BCUT2D eigenvalue weighted by molar-refractivity contribution is 9.10. The Kier molecular flexibility index (Phi) is 9.33. The highest BCUT2D eigenvalue weighted by Gasteiger charge is 2.26. The summed E-state index contributed by atoms with van der Waals surface area (Å²) in [6, 6.07) is 7.05. The fourth-order valence-corrected chi connectivity index (χ4v) is 2.27. The molecule has 0 saturated carbocycles. The highest BCUT2D eigenvalue weighted by atomic mass is 79.9. The van der Waals surface area contributed by atoms with Crippen molar-refractivity contribution in [1.82, 2.24) is 16.0 Å². The standard InChI is InChI=1S/C16H22BrF3N4O/c1-2-21-15(24-10-7-16(18,19)20)23-9-4-8-22-14(25)12-5-3-6-13(17)11-12/h3,5-6,11H,2,4,7-10H2,1H3,(H,22,25)(H2,21,23,24). The Morgan fingerprint density at radius 2 is 1.96 bits per heavy atom. The van der Waals surface area contributed by atoms with Crippen LogP contribution in [0.2, 0.25) is 0 Å². The molecule has 0 aliphatic rings. The molecule has 0 aliphatic heterocycles. The Bertz CT molecular complexity index is 579. The van der Waals surface area contributed by atoms with Crippen molar-refractivity contribution in [3.05, 3.63) is 34.3 Å². The van der Waals surface area contributed by atoms with Gasteiger partial charge in [-0.15, -0.1) is 0 Å². The SMILES string of the molecule is CCNC(=NCCCNC(=O)c1cccc(Br)c1)NCCC(F)(F)F. The van der Waals surface area contributed by atoms with Crippen LogP contribution in [-0.4, -0.2) is 44.2 Å². The lowest BCUT2D eigenvalue weighted by molar-refractivity contribution is -0.132. The van der Waals surface area contributed by atoms with Gasteiger partial charge in [-0.3, -0.25) is 9.79 Å². The minimum Gasteiger partial charge on any atom is -0.357 e. The van der Waals surface area contributed by atoms with Crippen molar-refractivity contribution < 1.29 is 18.0 Å². The quantitative estimate of drug-likeness (QED) is 0.342. The van der Waals surface area contributed by atoms with Crippen LogP contribution < -0.4 is 16.0 Å². The molecule has 0 bridgehead atoms. The summed E-state index contributed by atoms with van der Waals surface area (Å²) in [7, 11) is 0. The minimum absolute atomic E-state index is 0.180. The molecule has 0 aliphatic carbocycles. The number of carbonyl (C=O) groups is 1. The lowest BCUT2D eigenvalue weighted by atomic mass is 10.2. The number of guanidine groups is 1. The van der Waals surface area contributed by atoms with Crippen LogP contribution in [0.15, 0.2) is 33.7 Å². The van der Waals surface area contributed by atoms with Crippen LogP contribution in [-0.2, 0) is 0 Å². The van der Waals surface area contributed by atoms with Crippen LogP contribution in [0.25, 0.3) is 0 Å². The van der Waals surface area contributed by atoms with Gasteiger partial charge in [0.25, 0.3) is 5.91 Å². The molecule has 0 spiro atoms. The molecule has 1 aromatic rings. The summed E-state index contributed by atoms with van der Waals surface area (Å²) in [6.45, 7) is 2.97. The van der Waals surface area contributed by atoms with Crippen LogP contribution >= 0.6 is 15.9 Å². The summed E-state index contributed by atoms with van der Waals surface area (Å²) < 4.78 is 37.2. The second-order valence-electron chi connectivity index (χ2n) is 5.17. The number of halogens is 4. The first kappa shape index (κ1) is 21.3. The van der Waals surface area contributed by atoms with Crippen molar-refractivity contribution in [2.45, 2.75) is 25.9 Å². The van der Waals surface area contributed by atoms with Gasteiger partial charge in [-0.1, -0.05) is 22.0 Å². The van der Waals surface area contributed by atoms with Gasteiger partial charge in [0.15, 0.2) is 5.96 Å². The van der Waals surface area contributed by atoms with Gasteiger partial charge in [-0.2, -0.15) is 13.2 Å². The molecule has 0 heterocycles. The summed E-state index contributed by atoms with van der Waals surface area (Å²) in [4.78, 5) is 16.1. The van der Waals surface area contributed by atoms with Crippen LogP contribution in [0, 0.1) is 0 Å². The maximum Gasteiger partial charge on any atom is 0.390 e. The number of hydrogen-bond donors (Lipinski definition) is 3. The fraction of sp³-hybridized carbons (Fsp3) is 0.500. The zero-order valence-electron chi connectivity index (χ0n) is 13.9. The Labute approximate surface area is 153 Å². The second-order valence-corrected chi connectivity index (χ2v) is 6.09. The number of hydrogen-bond acceptors (Lipinski definition) is 2. The van der Waals surface area contributed by atoms with Crippen molar-refractivity contribution in [3.63, 3.8) is 0 Å². The van der Waals surface area contributed by atoms with Crippen molar-refractivity contribution >= 4 is 27.8 Å². The van der Waals surface area contributed by atoms with E-state index in [1.165, 1.54) is 0 Å². The summed E-state index contributed by atoms with van der Waals surface area (Å²) >= 11 is 3.30. The molecular weight excluding hydrogens is 401 g/mol. The molecule has 0 aromatic heterocycles. The molecule has 1 amide bonds. The Morgan fingerprint density at radius 1 is 1.20 bits per heavy atom. The molecule has 140 valence electrons. The van der Waals surface area contributed by atoms with Crippen LogP contribution in [0.3, 0.4) is 0 Å². The predicted molar refractivity (Wildman–Crippen MR) is 95.7 cm³/mol. The van der Waals surface area contributed by atoms with E-state index in [9.17, 15) is 18.0 Å². The van der Waals surface area contributed by atoms with Gasteiger partial charge in [-0.25, -0.2) is 0 Å². The zero-order chi connectivity index (χ0) is 18.7. The van der Waals surface area contributed by atoms with Gasteiger partial charge in [0.05, 0.1) is 6.42 Å². The Balaban J connectivity index is 2.32. The van der Waals surface area contributed by atoms with Gasteiger partial charge in [-0.05, 0) is 31.5 Å². The van der Waals surface area contributed by atoms with Gasteiger partial charge < -0.3 is 16.0 Å². The Morgan fingerprint density at radius 3 is 2.60 bits per heavy atom. The summed E-state index contributed by atoms with van der Waals surface area (Å²) in [6.07, 6.45) is -4.53. The van der Waals surface area contributed by atoms with Crippen LogP contribution in [0.5, 0.6) is 0 Å². The van der Waals surface area contributed by atoms with E-state index in [1.54, 1.807) is 18.2 Å². The minimum atomic E-state index is -4.19. The molecule has 3 N–H and O–H groups in total. The summed E-state index contributed by atoms with van der Waals surface area (Å²) in [5.74, 6) is 0.158. The maximum absolute atomic E-state index is 12.1. The van der Waals surface area contributed by atoms with Crippen LogP contribution in [0.1, 0.15) is 30.1 Å². The van der Waals surface area contributed by atoms with E-state index in [1.807, 2.05) is 13.0 Å². The van der Waals surface area contributed by atoms with E-state index < -0.39 is 12.6 Å². The molecule has 0 radical (unpaired) electrons. The number of amides is 1. The fourth-order valence-electron chi connectivity index (χ4n) is 1.87. The lowest BCUT2D eigenvalue weighted by Crippen LogP contribution is -2.39. The smallest absolute Gasteiger partial charge is 0.357 e. The van der Waals surface area contributed by atoms with E-state index >= 15 is 0 Å². The summed E-state index contributed by atoms with van der Waals surface area (Å²) in [5, 5.41) is 8.29. The monoisotopic (exact) mass is 422 g/mol. The van der Waals surface area contributed by atoms with Crippen molar-refractivity contribution in [2.24, 2.45) is 4.99 Å². The molecule has 25 heavy (non-hydrogen) atoms. The predicted octanol–water partition coefficient (Wildman–Crippen LogP) is 3.08. The molecule has 1 rings (SSSR count). The van der Waals surface area contributed by atoms with Crippen LogP contribution in [0.4, 0.5) is 13.2 Å². The third-order valence-electron chi connectivity index (χ3n) is 3.02. The van der Waals surface area contributed by atoms with Gasteiger partial charge in [0, 0.05) is 36.2 Å². The average molecular weight is 423 g/mol. The van der Waals surface area contributed by atoms with Gasteiger partial charge in [0.1, 0.15) is 0 Å². The highest BCUT2D eigenvalue weighted by Crippen LogP contribution is 2.18. The van der Waals surface area contributed by atoms with E-state index in [2.05, 4.69) is 36.9 Å². The first-order valence-corrected chi connectivity index (χ1v) is 8.74. The number of carbonyl (C=O) groups excluding carboxylic acids is 1. The third-order valence-corrected chi connectivity index (χ3v) is 3.52. The molecule has 0 saturated heterocycles. The summed E-state index contributed by atoms with van der Waals surface area (Å²) in [5.41, 5.74) is 0.556. The first-order valence-electron chi connectivity index (χ1n) is 7.94. The topological polar surface area (TPSA) is 65.5 Å². The molecule has 5 nitrogen and oxygen atoms in total. The number of nitrogens with one attached hydrogen (secondary N) is 3. The Hall–Kier alpha value is -1.77. The molecule has 0 atom stereocenters. The first-order chi connectivity index (χ1) is 11.8. The maximum atomic E-state index is 12.1. The van der Waals surface area contributed by atoms with Gasteiger partial charge in [0.2, 0.25) is 0 Å². The van der Waals surface area contributed by atoms with E-state index in [0.717, 1.165) is 4.47 Å². The number of alkyl halides is 3. The molecule has 9 heteroatoms. The van der Waals surface area contributed by atoms with E-state index in [0.29, 0.717) is 37.6 Å². The zero-order valence-corrected chi connectivity index (χ0v) is 15.5. The molecular formula is C16H22BrF3N4O. The number of rotatable bonds is 8. The van der Waals surface area contributed by atoms with Crippen molar-refractivity contribution in [3.8, 4) is 0 Å². The molecule has 0 unspecified atom stereocenters. The van der Waals surface area contributed by atoms with Crippen molar-refractivity contribution in [1.29, 1.82) is 0 Å². The molecule has 0 fully saturated rings. The van der Waals surface area contributed by atoms with E-state index in [4.69, 9.17) is 0 Å². The van der Waals surface area contributed by atoms with Gasteiger partial charge >= 0.3 is 6.18 Å². The third kappa shape index (κ3) is 9.96. The number of nitrogens with zero attached hydrogens (tertiary/aromatic N) is 1. The largest absolute Gasteiger partial charge is 0.390 e. The van der Waals surface area contributed by atoms with Crippen molar-refractivity contribution in [2.75, 3.05) is 26.2 Å². The molecule has 1 aromatic carbocycles. The second kappa shape index (κ2) is 11.0. The normalized spacial score (nSPS) is 12.0. The number of aliphatic imine (C=N–C) groups is 1. The number of benzene rings is 1. The van der Waals surface area contributed by atoms with E-state index in [-0.39, 0.29) is 12.5 Å². The average Bonchev–Trinajstić information content (AvgIpc) is 2.53.